The molecule has 1 atom stereocenters. The van der Waals surface area contributed by atoms with Gasteiger partial charge in [0.05, 0.1) is 16.3 Å². The number of nitrogens with zero attached hydrogens (tertiary/aromatic N) is 1. The third kappa shape index (κ3) is 4.62. The van der Waals surface area contributed by atoms with E-state index in [1.807, 2.05) is 30.3 Å². The number of benzene rings is 2. The summed E-state index contributed by atoms with van der Waals surface area (Å²) in [6.07, 6.45) is 1.65. The number of carbonyl (C=O) groups is 2. The number of rotatable bonds is 5. The zero-order chi connectivity index (χ0) is 22.0. The van der Waals surface area contributed by atoms with Gasteiger partial charge in [-0.05, 0) is 49.2 Å². The number of piperidine rings is 1. The van der Waals surface area contributed by atoms with Crippen molar-refractivity contribution in [2.24, 2.45) is 0 Å². The van der Waals surface area contributed by atoms with Crippen LogP contribution in [0.5, 0.6) is 0 Å². The number of thiophene rings is 1. The molecule has 2 N–H and O–H groups in total. The molecule has 8 heteroatoms. The van der Waals surface area contributed by atoms with Crippen molar-refractivity contribution in [1.82, 2.24) is 5.32 Å². The molecule has 1 saturated heterocycles. The number of carbonyl (C=O) groups excluding carboxylic acids is 1. The Morgan fingerprint density at radius 2 is 1.87 bits per heavy atom. The van der Waals surface area contributed by atoms with Gasteiger partial charge in [-0.2, -0.15) is 0 Å². The molecule has 1 amide bonds. The van der Waals surface area contributed by atoms with E-state index in [1.54, 1.807) is 23.1 Å². The van der Waals surface area contributed by atoms with Crippen LogP contribution in [0.25, 0.3) is 10.4 Å². The average Bonchev–Trinajstić information content (AvgIpc) is 3.20. The number of anilines is 1. The second-order valence-corrected chi connectivity index (χ2v) is 9.19. The molecule has 0 aliphatic carbocycles. The van der Waals surface area contributed by atoms with Gasteiger partial charge in [0.25, 0.3) is 5.91 Å². The van der Waals surface area contributed by atoms with Crippen molar-refractivity contribution in [2.75, 3.05) is 18.0 Å². The Morgan fingerprint density at radius 3 is 2.52 bits per heavy atom. The Morgan fingerprint density at radius 1 is 1.10 bits per heavy atom. The van der Waals surface area contributed by atoms with Gasteiger partial charge in [-0.25, -0.2) is 4.79 Å². The molecule has 1 unspecified atom stereocenters. The Labute approximate surface area is 194 Å². The van der Waals surface area contributed by atoms with Crippen LogP contribution in [0.4, 0.5) is 5.69 Å². The van der Waals surface area contributed by atoms with E-state index in [-0.39, 0.29) is 21.8 Å². The maximum absolute atomic E-state index is 13.7. The predicted molar refractivity (Wildman–Crippen MR) is 126 cm³/mol. The van der Waals surface area contributed by atoms with Gasteiger partial charge < -0.3 is 15.3 Å². The highest BCUT2D eigenvalue weighted by atomic mass is 35.5. The lowest BCUT2D eigenvalue weighted by Gasteiger charge is -2.34. The molecule has 3 aromatic rings. The number of hydrogen-bond acceptors (Lipinski definition) is 4. The Balaban J connectivity index is 1.84. The summed E-state index contributed by atoms with van der Waals surface area (Å²) in [5, 5.41) is 13.9. The summed E-state index contributed by atoms with van der Waals surface area (Å²) in [6.45, 7) is 1.44. The summed E-state index contributed by atoms with van der Waals surface area (Å²) in [4.78, 5) is 28.3. The number of nitrogens with one attached hydrogen (secondary N) is 1. The molecule has 2 heterocycles. The summed E-state index contributed by atoms with van der Waals surface area (Å²) in [6, 6.07) is 15.9. The van der Waals surface area contributed by atoms with Crippen LogP contribution < -0.4 is 10.2 Å². The van der Waals surface area contributed by atoms with Gasteiger partial charge in [0, 0.05) is 22.5 Å². The van der Waals surface area contributed by atoms with E-state index in [1.165, 1.54) is 6.07 Å². The molecule has 4 rings (SSSR count). The third-order valence-electron chi connectivity index (χ3n) is 5.24. The molecular weight excluding hydrogens is 455 g/mol. The smallest absolute Gasteiger partial charge is 0.348 e. The van der Waals surface area contributed by atoms with Crippen molar-refractivity contribution in [3.05, 3.63) is 75.1 Å². The van der Waals surface area contributed by atoms with Gasteiger partial charge in [0.1, 0.15) is 4.88 Å². The van der Waals surface area contributed by atoms with Gasteiger partial charge in [0.2, 0.25) is 0 Å². The van der Waals surface area contributed by atoms with Crippen LogP contribution in [0.2, 0.25) is 10.0 Å². The number of carboxylic acids is 1. The number of hydrogen-bond donors (Lipinski definition) is 2. The van der Waals surface area contributed by atoms with E-state index < -0.39 is 5.97 Å². The summed E-state index contributed by atoms with van der Waals surface area (Å²) < 4.78 is 0. The van der Waals surface area contributed by atoms with Gasteiger partial charge in [-0.15, -0.1) is 11.3 Å². The summed E-state index contributed by atoms with van der Waals surface area (Å²) in [5.41, 5.74) is 1.58. The number of amides is 1. The number of halogens is 2. The molecule has 0 bridgehead atoms. The van der Waals surface area contributed by atoms with Gasteiger partial charge in [0.15, 0.2) is 0 Å². The van der Waals surface area contributed by atoms with E-state index in [9.17, 15) is 14.7 Å². The van der Waals surface area contributed by atoms with Crippen LogP contribution in [0.15, 0.2) is 54.6 Å². The second-order valence-electron chi connectivity index (χ2n) is 7.30. The molecule has 160 valence electrons. The maximum atomic E-state index is 13.7. The predicted octanol–water partition coefficient (Wildman–Crippen LogP) is 5.82. The molecule has 1 fully saturated rings. The highest BCUT2D eigenvalue weighted by molar-refractivity contribution is 7.18. The average molecular weight is 475 g/mol. The molecule has 0 radical (unpaired) electrons. The molecular formula is C23H20Cl2N2O3S. The highest BCUT2D eigenvalue weighted by Gasteiger charge is 2.33. The molecule has 1 aliphatic rings. The normalized spacial score (nSPS) is 16.1. The van der Waals surface area contributed by atoms with E-state index >= 15 is 0 Å². The van der Waals surface area contributed by atoms with Crippen LogP contribution in [0.3, 0.4) is 0 Å². The van der Waals surface area contributed by atoms with Crippen LogP contribution in [0, 0.1) is 0 Å². The first-order chi connectivity index (χ1) is 15.0. The summed E-state index contributed by atoms with van der Waals surface area (Å²) in [7, 11) is 0. The molecule has 1 aliphatic heterocycles. The maximum Gasteiger partial charge on any atom is 0.348 e. The fourth-order valence-corrected chi connectivity index (χ4v) is 5.26. The standard InChI is InChI=1S/C23H20Cl2N2O3S/c24-15-8-9-17(18(25)11-15)22(28)27(16-7-4-10-26-13-16)19-12-20(31-21(19)23(29)30)14-5-2-1-3-6-14/h1-3,5-6,8-9,11-12,16,26H,4,7,10,13H2,(H,29,30). The minimum atomic E-state index is -1.06. The molecule has 31 heavy (non-hydrogen) atoms. The number of carboxylic acid groups (broad SMARTS) is 1. The van der Waals surface area contributed by atoms with Crippen molar-refractivity contribution in [3.63, 3.8) is 0 Å². The molecule has 0 saturated carbocycles. The monoisotopic (exact) mass is 474 g/mol. The highest BCUT2D eigenvalue weighted by Crippen LogP contribution is 2.39. The SMILES string of the molecule is O=C(O)c1sc(-c2ccccc2)cc1N(C(=O)c1ccc(Cl)cc1Cl)C1CCCNC1. The van der Waals surface area contributed by atoms with E-state index in [0.717, 1.165) is 41.2 Å². The second kappa shape index (κ2) is 9.40. The van der Waals surface area contributed by atoms with Crippen LogP contribution >= 0.6 is 34.5 Å². The molecule has 5 nitrogen and oxygen atoms in total. The van der Waals surface area contributed by atoms with Crippen molar-refractivity contribution in [3.8, 4) is 10.4 Å². The van der Waals surface area contributed by atoms with E-state index in [0.29, 0.717) is 22.8 Å². The summed E-state index contributed by atoms with van der Waals surface area (Å²) >= 11 is 13.5. The van der Waals surface area contributed by atoms with Crippen molar-refractivity contribution in [1.29, 1.82) is 0 Å². The van der Waals surface area contributed by atoms with Crippen molar-refractivity contribution >= 4 is 52.1 Å². The largest absolute Gasteiger partial charge is 0.477 e. The summed E-state index contributed by atoms with van der Waals surface area (Å²) in [5.74, 6) is -1.40. The van der Waals surface area contributed by atoms with Crippen LogP contribution in [-0.2, 0) is 0 Å². The first-order valence-electron chi connectivity index (χ1n) is 9.87. The van der Waals surface area contributed by atoms with Gasteiger partial charge in [-0.1, -0.05) is 53.5 Å². The minimum absolute atomic E-state index is 0.128. The molecule has 1 aromatic heterocycles. The third-order valence-corrected chi connectivity index (χ3v) is 6.95. The first kappa shape index (κ1) is 21.8. The lowest BCUT2D eigenvalue weighted by Crippen LogP contribution is -2.49. The lowest BCUT2D eigenvalue weighted by atomic mass is 10.0. The zero-order valence-corrected chi connectivity index (χ0v) is 18.8. The Bertz CT molecular complexity index is 1110. The lowest BCUT2D eigenvalue weighted by molar-refractivity contribution is 0.0703. The van der Waals surface area contributed by atoms with Crippen molar-refractivity contribution in [2.45, 2.75) is 18.9 Å². The fraction of sp³-hybridized carbons (Fsp3) is 0.217. The number of aromatic carboxylic acids is 1. The Kier molecular flexibility index (Phi) is 6.62. The van der Waals surface area contributed by atoms with Crippen LogP contribution in [0.1, 0.15) is 32.9 Å². The van der Waals surface area contributed by atoms with E-state index in [2.05, 4.69) is 5.32 Å². The van der Waals surface area contributed by atoms with Crippen LogP contribution in [-0.4, -0.2) is 36.1 Å². The first-order valence-corrected chi connectivity index (χ1v) is 11.4. The van der Waals surface area contributed by atoms with Gasteiger partial charge in [-0.3, -0.25) is 4.79 Å². The minimum Gasteiger partial charge on any atom is -0.477 e. The molecule has 2 aromatic carbocycles. The zero-order valence-electron chi connectivity index (χ0n) is 16.5. The fourth-order valence-electron chi connectivity index (χ4n) is 3.78. The van der Waals surface area contributed by atoms with Crippen molar-refractivity contribution < 1.29 is 14.7 Å². The van der Waals surface area contributed by atoms with E-state index in [4.69, 9.17) is 23.2 Å². The Hall–Kier alpha value is -2.38. The quantitative estimate of drug-likeness (QED) is 0.488. The van der Waals surface area contributed by atoms with Gasteiger partial charge >= 0.3 is 5.97 Å². The topological polar surface area (TPSA) is 69.6 Å². The molecule has 0 spiro atoms.